The van der Waals surface area contributed by atoms with Gasteiger partial charge in [0.05, 0.1) is 0 Å². The van der Waals surface area contributed by atoms with Crippen LogP contribution in [-0.4, -0.2) is 0 Å². The highest BCUT2D eigenvalue weighted by Gasteiger charge is 1.96. The molecule has 0 aliphatic rings. The van der Waals surface area contributed by atoms with Crippen LogP contribution in [0.25, 0.3) is 12.2 Å². The van der Waals surface area contributed by atoms with Gasteiger partial charge in [-0.3, -0.25) is 0 Å². The second-order valence-corrected chi connectivity index (χ2v) is 5.85. The maximum absolute atomic E-state index is 3.74. The summed E-state index contributed by atoms with van der Waals surface area (Å²) in [6.07, 6.45) is 3.69. The smallest absolute Gasteiger partial charge is 0.0236 e. The number of hydrogen-bond acceptors (Lipinski definition) is 3. The van der Waals surface area contributed by atoms with E-state index in [0.717, 1.165) is 11.1 Å². The van der Waals surface area contributed by atoms with Gasteiger partial charge in [0.15, 0.2) is 0 Å². The molecule has 2 rings (SSSR count). The molecule has 0 fully saturated rings. The van der Waals surface area contributed by atoms with Crippen molar-refractivity contribution < 1.29 is 0 Å². The third-order valence-electron chi connectivity index (χ3n) is 2.55. The van der Waals surface area contributed by atoms with Crippen LogP contribution in [0.2, 0.25) is 0 Å². The Morgan fingerprint density at radius 1 is 0.684 bits per heavy atom. The second-order valence-electron chi connectivity index (χ2n) is 3.83. The van der Waals surface area contributed by atoms with Crippen molar-refractivity contribution in [2.45, 2.75) is 9.79 Å². The monoisotopic (exact) mass is 285 g/mol. The van der Waals surface area contributed by atoms with E-state index in [4.69, 9.17) is 0 Å². The van der Waals surface area contributed by atoms with Crippen LogP contribution >= 0.6 is 23.9 Å². The number of benzene rings is 2. The van der Waals surface area contributed by atoms with Crippen LogP contribution in [0.5, 0.6) is 0 Å². The number of nitrogens with one attached hydrogen (secondary N) is 1. The fourth-order valence-corrected chi connectivity index (χ4v) is 2.94. The third-order valence-corrected chi connectivity index (χ3v) is 4.23. The highest BCUT2D eigenvalue weighted by Crippen LogP contribution is 2.23. The molecule has 19 heavy (non-hydrogen) atoms. The van der Waals surface area contributed by atoms with Crippen LogP contribution in [0.4, 0.5) is 0 Å². The third kappa shape index (κ3) is 4.31. The molecule has 96 valence electrons. The maximum Gasteiger partial charge on any atom is 0.0236 e. The highest BCUT2D eigenvalue weighted by atomic mass is 32.2. The van der Waals surface area contributed by atoms with Gasteiger partial charge < -0.3 is 0 Å². The quantitative estimate of drug-likeness (QED) is 0.725. The molecule has 0 bridgehead atoms. The van der Waals surface area contributed by atoms with Gasteiger partial charge in [0.25, 0.3) is 0 Å². The summed E-state index contributed by atoms with van der Waals surface area (Å²) >= 11 is 3.21. The van der Waals surface area contributed by atoms with E-state index in [2.05, 4.69) is 65.8 Å². The van der Waals surface area contributed by atoms with Crippen molar-refractivity contribution >= 4 is 36.0 Å². The molecule has 1 nitrogen and oxygen atoms in total. The zero-order chi connectivity index (χ0) is 13.5. The number of rotatable bonds is 6. The van der Waals surface area contributed by atoms with Crippen molar-refractivity contribution in [1.29, 1.82) is 0 Å². The predicted molar refractivity (Wildman–Crippen MR) is 87.9 cm³/mol. The predicted octanol–water partition coefficient (Wildman–Crippen LogP) is 5.28. The Morgan fingerprint density at radius 3 is 1.37 bits per heavy atom. The van der Waals surface area contributed by atoms with Crippen molar-refractivity contribution in [3.63, 3.8) is 0 Å². The molecule has 0 saturated carbocycles. The Labute approximate surface area is 123 Å². The van der Waals surface area contributed by atoms with Crippen LogP contribution in [0.3, 0.4) is 0 Å². The molecule has 0 atom stereocenters. The van der Waals surface area contributed by atoms with Crippen LogP contribution in [0.15, 0.2) is 71.5 Å². The molecule has 0 spiro atoms. The molecule has 1 N–H and O–H groups in total. The Morgan fingerprint density at radius 2 is 1.05 bits per heavy atom. The minimum Gasteiger partial charge on any atom is -0.199 e. The normalized spacial score (nSPS) is 10.1. The van der Waals surface area contributed by atoms with E-state index in [0.29, 0.717) is 0 Å². The molecule has 0 unspecified atom stereocenters. The van der Waals surface area contributed by atoms with Gasteiger partial charge in [-0.15, -0.1) is 0 Å². The molecule has 0 heterocycles. The summed E-state index contributed by atoms with van der Waals surface area (Å²) < 4.78 is 3.27. The highest BCUT2D eigenvalue weighted by molar-refractivity contribution is 8.12. The molecular weight excluding hydrogens is 270 g/mol. The van der Waals surface area contributed by atoms with E-state index in [9.17, 15) is 0 Å². The molecule has 0 aliphatic heterocycles. The van der Waals surface area contributed by atoms with Gasteiger partial charge in [-0.2, -0.15) is 4.13 Å². The van der Waals surface area contributed by atoms with Crippen molar-refractivity contribution in [3.05, 3.63) is 72.8 Å². The van der Waals surface area contributed by atoms with E-state index in [1.54, 1.807) is 23.9 Å². The van der Waals surface area contributed by atoms with Crippen LogP contribution < -0.4 is 4.13 Å². The first-order chi connectivity index (χ1) is 9.31. The topological polar surface area (TPSA) is 12.0 Å². The van der Waals surface area contributed by atoms with Crippen molar-refractivity contribution in [3.8, 4) is 0 Å². The Hall–Kier alpha value is -1.42. The van der Waals surface area contributed by atoms with Crippen LogP contribution in [0.1, 0.15) is 11.1 Å². The fraction of sp³-hybridized carbons (Fsp3) is 0. The molecule has 0 aliphatic carbocycles. The van der Waals surface area contributed by atoms with Crippen molar-refractivity contribution in [2.24, 2.45) is 0 Å². The van der Waals surface area contributed by atoms with E-state index in [1.807, 2.05) is 12.2 Å². The van der Waals surface area contributed by atoms with Crippen molar-refractivity contribution in [2.75, 3.05) is 0 Å². The van der Waals surface area contributed by atoms with Crippen LogP contribution in [-0.2, 0) is 0 Å². The number of hydrogen-bond donors (Lipinski definition) is 1. The first-order valence-electron chi connectivity index (χ1n) is 5.85. The summed E-state index contributed by atoms with van der Waals surface area (Å²) in [5.74, 6) is 0. The standard InChI is InChI=1S/C16H15NS2/c1-3-13-5-9-15(10-6-13)18-17-19-16-11-7-14(4-2)8-12-16/h3-12,17H,1-2H2. The lowest BCUT2D eigenvalue weighted by atomic mass is 10.2. The van der Waals surface area contributed by atoms with E-state index >= 15 is 0 Å². The first-order valence-corrected chi connectivity index (χ1v) is 7.49. The SMILES string of the molecule is C=Cc1ccc(SNSc2ccc(C=C)cc2)cc1. The summed E-state index contributed by atoms with van der Waals surface area (Å²) in [4.78, 5) is 2.36. The Kier molecular flexibility index (Phi) is 5.33. The minimum atomic E-state index is 1.14. The van der Waals surface area contributed by atoms with Gasteiger partial charge >= 0.3 is 0 Å². The van der Waals surface area contributed by atoms with E-state index in [-0.39, 0.29) is 0 Å². The lowest BCUT2D eigenvalue weighted by Crippen LogP contribution is -1.89. The average Bonchev–Trinajstić information content (AvgIpc) is 2.49. The zero-order valence-corrected chi connectivity index (χ0v) is 12.1. The molecular formula is C16H15NS2. The lowest BCUT2D eigenvalue weighted by molar-refractivity contribution is 1.41. The second kappa shape index (κ2) is 7.24. The summed E-state index contributed by atoms with van der Waals surface area (Å²) in [5, 5.41) is 0. The molecule has 3 heteroatoms. The molecule has 2 aromatic carbocycles. The van der Waals surface area contributed by atoms with Gasteiger partial charge in [0.2, 0.25) is 0 Å². The summed E-state index contributed by atoms with van der Waals surface area (Å²) in [7, 11) is 0. The van der Waals surface area contributed by atoms with Gasteiger partial charge in [-0.25, -0.2) is 0 Å². The largest absolute Gasteiger partial charge is 0.199 e. The average molecular weight is 285 g/mol. The minimum absolute atomic E-state index is 1.14. The Balaban J connectivity index is 1.84. The van der Waals surface area contributed by atoms with Crippen LogP contribution in [0, 0.1) is 0 Å². The first kappa shape index (κ1) is 14.0. The molecule has 0 radical (unpaired) electrons. The van der Waals surface area contributed by atoms with Gasteiger partial charge in [0.1, 0.15) is 0 Å². The fourth-order valence-electron chi connectivity index (χ4n) is 1.46. The van der Waals surface area contributed by atoms with E-state index in [1.165, 1.54) is 9.79 Å². The molecule has 0 saturated heterocycles. The summed E-state index contributed by atoms with van der Waals surface area (Å²) in [6, 6.07) is 16.5. The van der Waals surface area contributed by atoms with Gasteiger partial charge in [-0.05, 0) is 59.3 Å². The summed E-state index contributed by atoms with van der Waals surface area (Å²) in [5.41, 5.74) is 2.27. The van der Waals surface area contributed by atoms with Crippen molar-refractivity contribution in [1.82, 2.24) is 4.13 Å². The van der Waals surface area contributed by atoms with Gasteiger partial charge in [0, 0.05) is 9.79 Å². The molecule has 0 amide bonds. The molecule has 2 aromatic rings. The van der Waals surface area contributed by atoms with E-state index < -0.39 is 0 Å². The summed E-state index contributed by atoms with van der Waals surface area (Å²) in [6.45, 7) is 7.49. The lowest BCUT2D eigenvalue weighted by Gasteiger charge is -2.04. The maximum atomic E-state index is 3.74. The van der Waals surface area contributed by atoms with Gasteiger partial charge in [-0.1, -0.05) is 49.6 Å². The Bertz CT molecular complexity index is 492. The zero-order valence-electron chi connectivity index (χ0n) is 10.5. The molecule has 0 aromatic heterocycles.